The maximum absolute atomic E-state index is 10.8. The summed E-state index contributed by atoms with van der Waals surface area (Å²) in [5, 5.41) is 8.85. The first-order chi connectivity index (χ1) is 7.59. The molecule has 5 nitrogen and oxygen atoms in total. The molecule has 0 amide bonds. The van der Waals surface area contributed by atoms with Gasteiger partial charge in [-0.05, 0) is 32.0 Å². The maximum Gasteiger partial charge on any atom is 0.354 e. The van der Waals surface area contributed by atoms with Crippen molar-refractivity contribution < 1.29 is 9.90 Å². The summed E-state index contributed by atoms with van der Waals surface area (Å²) in [5.74, 6) is -0.661. The van der Waals surface area contributed by atoms with Crippen LogP contribution in [0, 0.1) is 13.8 Å². The molecular weight excluding hydrogens is 206 g/mol. The molecule has 0 aliphatic carbocycles. The molecule has 0 unspecified atom stereocenters. The minimum atomic E-state index is -1.05. The average Bonchev–Trinajstić information content (AvgIpc) is 2.59. The normalized spacial score (nSPS) is 10.4. The van der Waals surface area contributed by atoms with Crippen LogP contribution in [0.2, 0.25) is 0 Å². The predicted octanol–water partition coefficient (Wildman–Crippen LogP) is 1.58. The number of hydrogen-bond acceptors (Lipinski definition) is 3. The molecule has 2 aromatic heterocycles. The molecule has 0 aromatic carbocycles. The van der Waals surface area contributed by atoms with Crippen LogP contribution in [0.15, 0.2) is 24.4 Å². The summed E-state index contributed by atoms with van der Waals surface area (Å²) < 4.78 is 1.81. The zero-order chi connectivity index (χ0) is 11.7. The van der Waals surface area contributed by atoms with Crippen molar-refractivity contribution >= 4 is 5.97 Å². The van der Waals surface area contributed by atoms with Gasteiger partial charge in [0.2, 0.25) is 5.95 Å². The van der Waals surface area contributed by atoms with Gasteiger partial charge in [0.15, 0.2) is 5.69 Å². The molecule has 0 saturated heterocycles. The Kier molecular flexibility index (Phi) is 2.44. The third kappa shape index (κ3) is 1.67. The van der Waals surface area contributed by atoms with E-state index in [2.05, 4.69) is 9.97 Å². The molecule has 5 heteroatoms. The fraction of sp³-hybridized carbons (Fsp3) is 0.182. The van der Waals surface area contributed by atoms with Crippen molar-refractivity contribution in [2.75, 3.05) is 0 Å². The van der Waals surface area contributed by atoms with Crippen LogP contribution in [0.4, 0.5) is 0 Å². The van der Waals surface area contributed by atoms with Crippen LogP contribution in [0.25, 0.3) is 5.95 Å². The Morgan fingerprint density at radius 3 is 2.44 bits per heavy atom. The summed E-state index contributed by atoms with van der Waals surface area (Å²) in [6, 6.07) is 5.25. The fourth-order valence-electron chi connectivity index (χ4n) is 1.56. The first-order valence-corrected chi connectivity index (χ1v) is 4.81. The Bertz CT molecular complexity index is 526. The molecule has 0 fully saturated rings. The third-order valence-electron chi connectivity index (χ3n) is 2.33. The second-order valence-electron chi connectivity index (χ2n) is 3.50. The van der Waals surface area contributed by atoms with E-state index in [4.69, 9.17) is 5.11 Å². The van der Waals surface area contributed by atoms with Crippen molar-refractivity contribution in [1.29, 1.82) is 0 Å². The quantitative estimate of drug-likeness (QED) is 0.829. The zero-order valence-corrected chi connectivity index (χ0v) is 9.01. The van der Waals surface area contributed by atoms with Crippen LogP contribution < -0.4 is 0 Å². The van der Waals surface area contributed by atoms with E-state index in [1.54, 1.807) is 0 Å². The smallest absolute Gasteiger partial charge is 0.354 e. The van der Waals surface area contributed by atoms with Gasteiger partial charge in [0, 0.05) is 17.6 Å². The van der Waals surface area contributed by atoms with Gasteiger partial charge in [0.25, 0.3) is 0 Å². The molecular formula is C11H11N3O2. The first kappa shape index (κ1) is 10.4. The summed E-state index contributed by atoms with van der Waals surface area (Å²) in [6.07, 6.45) is 1.45. The summed E-state index contributed by atoms with van der Waals surface area (Å²) in [6.45, 7) is 3.84. The number of aromatic carboxylic acids is 1. The van der Waals surface area contributed by atoms with Gasteiger partial charge < -0.3 is 5.11 Å². The monoisotopic (exact) mass is 217 g/mol. The molecule has 0 spiro atoms. The topological polar surface area (TPSA) is 68.0 Å². The SMILES string of the molecule is Cc1ccc(C)n1-c1nccc(C(=O)O)n1. The number of nitrogens with zero attached hydrogens (tertiary/aromatic N) is 3. The van der Waals surface area contributed by atoms with Crippen LogP contribution in [0.3, 0.4) is 0 Å². The minimum Gasteiger partial charge on any atom is -0.477 e. The molecule has 0 saturated carbocycles. The highest BCUT2D eigenvalue weighted by atomic mass is 16.4. The molecule has 1 N–H and O–H groups in total. The first-order valence-electron chi connectivity index (χ1n) is 4.81. The number of rotatable bonds is 2. The van der Waals surface area contributed by atoms with E-state index in [-0.39, 0.29) is 5.69 Å². The average molecular weight is 217 g/mol. The van der Waals surface area contributed by atoms with Crippen LogP contribution in [0.1, 0.15) is 21.9 Å². The maximum atomic E-state index is 10.8. The van der Waals surface area contributed by atoms with Gasteiger partial charge in [0.1, 0.15) is 0 Å². The van der Waals surface area contributed by atoms with Gasteiger partial charge >= 0.3 is 5.97 Å². The van der Waals surface area contributed by atoms with E-state index in [0.29, 0.717) is 5.95 Å². The minimum absolute atomic E-state index is 0.00231. The third-order valence-corrected chi connectivity index (χ3v) is 2.33. The Morgan fingerprint density at radius 1 is 1.25 bits per heavy atom. The Labute approximate surface area is 92.4 Å². The van der Waals surface area contributed by atoms with Crippen molar-refractivity contribution in [2.24, 2.45) is 0 Å². The van der Waals surface area contributed by atoms with Crippen LogP contribution in [-0.4, -0.2) is 25.6 Å². The number of aryl methyl sites for hydroxylation is 2. The van der Waals surface area contributed by atoms with Gasteiger partial charge in [-0.15, -0.1) is 0 Å². The lowest BCUT2D eigenvalue weighted by atomic mass is 10.4. The number of hydrogen-bond donors (Lipinski definition) is 1. The second kappa shape index (κ2) is 3.77. The summed E-state index contributed by atoms with van der Waals surface area (Å²) >= 11 is 0. The largest absolute Gasteiger partial charge is 0.477 e. The van der Waals surface area contributed by atoms with Crippen molar-refractivity contribution in [3.8, 4) is 5.95 Å². The molecule has 2 rings (SSSR count). The van der Waals surface area contributed by atoms with E-state index < -0.39 is 5.97 Å². The van der Waals surface area contributed by atoms with E-state index in [9.17, 15) is 4.79 Å². The van der Waals surface area contributed by atoms with Crippen LogP contribution >= 0.6 is 0 Å². The van der Waals surface area contributed by atoms with Crippen molar-refractivity contribution in [3.63, 3.8) is 0 Å². The van der Waals surface area contributed by atoms with Gasteiger partial charge in [-0.3, -0.25) is 4.57 Å². The van der Waals surface area contributed by atoms with E-state index in [1.165, 1.54) is 12.3 Å². The summed E-state index contributed by atoms with van der Waals surface area (Å²) in [5.41, 5.74) is 1.94. The highest BCUT2D eigenvalue weighted by molar-refractivity contribution is 5.85. The predicted molar refractivity (Wildman–Crippen MR) is 57.8 cm³/mol. The summed E-state index contributed by atoms with van der Waals surface area (Å²) in [7, 11) is 0. The number of aromatic nitrogens is 3. The molecule has 2 aromatic rings. The van der Waals surface area contributed by atoms with Gasteiger partial charge in [-0.1, -0.05) is 0 Å². The van der Waals surface area contributed by atoms with Crippen molar-refractivity contribution in [2.45, 2.75) is 13.8 Å². The molecule has 0 atom stereocenters. The lowest BCUT2D eigenvalue weighted by molar-refractivity contribution is 0.0690. The van der Waals surface area contributed by atoms with E-state index >= 15 is 0 Å². The standard InChI is InChI=1S/C11H11N3O2/c1-7-3-4-8(2)14(7)11-12-6-5-9(13-11)10(15)16/h3-6H,1-2H3,(H,15,16). The molecule has 82 valence electrons. The fourth-order valence-corrected chi connectivity index (χ4v) is 1.56. The summed E-state index contributed by atoms with van der Waals surface area (Å²) in [4.78, 5) is 18.9. The lowest BCUT2D eigenvalue weighted by Crippen LogP contribution is -2.08. The Hall–Kier alpha value is -2.17. The molecule has 0 aliphatic heterocycles. The molecule has 16 heavy (non-hydrogen) atoms. The number of carbonyl (C=O) groups is 1. The van der Waals surface area contributed by atoms with E-state index in [0.717, 1.165) is 11.4 Å². The van der Waals surface area contributed by atoms with Gasteiger partial charge in [0.05, 0.1) is 0 Å². The van der Waals surface area contributed by atoms with E-state index in [1.807, 2.05) is 30.5 Å². The number of carboxylic acid groups (broad SMARTS) is 1. The van der Waals surface area contributed by atoms with Crippen molar-refractivity contribution in [3.05, 3.63) is 41.5 Å². The zero-order valence-electron chi connectivity index (χ0n) is 9.01. The molecule has 0 aliphatic rings. The Balaban J connectivity index is 2.57. The van der Waals surface area contributed by atoms with Gasteiger partial charge in [-0.25, -0.2) is 14.8 Å². The van der Waals surface area contributed by atoms with Gasteiger partial charge in [-0.2, -0.15) is 0 Å². The molecule has 2 heterocycles. The van der Waals surface area contributed by atoms with Crippen LogP contribution in [-0.2, 0) is 0 Å². The van der Waals surface area contributed by atoms with Crippen molar-refractivity contribution in [1.82, 2.24) is 14.5 Å². The highest BCUT2D eigenvalue weighted by Crippen LogP contribution is 2.12. The Morgan fingerprint density at radius 2 is 1.88 bits per heavy atom. The second-order valence-corrected chi connectivity index (χ2v) is 3.50. The molecule has 0 radical (unpaired) electrons. The lowest BCUT2D eigenvalue weighted by Gasteiger charge is -2.06. The molecule has 0 bridgehead atoms. The number of carboxylic acids is 1. The van der Waals surface area contributed by atoms with Crippen LogP contribution in [0.5, 0.6) is 0 Å². The highest BCUT2D eigenvalue weighted by Gasteiger charge is 2.10.